The number of amides is 1. The molecule has 0 N–H and O–H groups in total. The average Bonchev–Trinajstić information content (AvgIpc) is 3.19. The lowest BCUT2D eigenvalue weighted by molar-refractivity contribution is -0.134. The predicted octanol–water partition coefficient (Wildman–Crippen LogP) is 4.16. The van der Waals surface area contributed by atoms with Gasteiger partial charge in [-0.15, -0.1) is 0 Å². The molecule has 3 rings (SSSR count). The number of carbonyl (C=O) groups excluding carboxylic acids is 1. The number of hydrogen-bond acceptors (Lipinski definition) is 4. The quantitative estimate of drug-likeness (QED) is 0.718. The van der Waals surface area contributed by atoms with E-state index >= 15 is 0 Å². The maximum atomic E-state index is 12.7. The fraction of sp³-hybridized carbons (Fsp3) is 0.450. The van der Waals surface area contributed by atoms with Gasteiger partial charge in [0.2, 0.25) is 5.91 Å². The SMILES string of the molecule is CC(C)CC(=O)N(Cc1ccc(-c2ccc(Cl)cc2)o1)C1CCS(=O)(=O)C1. The highest BCUT2D eigenvalue weighted by Crippen LogP contribution is 2.27. The molecule has 1 aliphatic heterocycles. The van der Waals surface area contributed by atoms with Crippen LogP contribution in [0.1, 0.15) is 32.4 Å². The van der Waals surface area contributed by atoms with Crippen LogP contribution in [-0.2, 0) is 21.2 Å². The monoisotopic (exact) mass is 409 g/mol. The van der Waals surface area contributed by atoms with Crippen LogP contribution in [0.3, 0.4) is 0 Å². The van der Waals surface area contributed by atoms with Gasteiger partial charge in [0, 0.05) is 23.0 Å². The van der Waals surface area contributed by atoms with Crippen molar-refractivity contribution in [3.05, 3.63) is 47.2 Å². The molecular formula is C20H24ClNO4S. The summed E-state index contributed by atoms with van der Waals surface area (Å²) < 4.78 is 29.7. The lowest BCUT2D eigenvalue weighted by Gasteiger charge is -2.28. The summed E-state index contributed by atoms with van der Waals surface area (Å²) in [6.07, 6.45) is 0.873. The van der Waals surface area contributed by atoms with Crippen molar-refractivity contribution in [3.8, 4) is 11.3 Å². The van der Waals surface area contributed by atoms with E-state index in [0.717, 1.165) is 5.56 Å². The van der Waals surface area contributed by atoms with Crippen LogP contribution in [0.15, 0.2) is 40.8 Å². The van der Waals surface area contributed by atoms with Gasteiger partial charge in [0.1, 0.15) is 11.5 Å². The van der Waals surface area contributed by atoms with Gasteiger partial charge in [0.05, 0.1) is 18.1 Å². The van der Waals surface area contributed by atoms with E-state index in [1.807, 2.05) is 38.1 Å². The molecule has 27 heavy (non-hydrogen) atoms. The molecule has 7 heteroatoms. The van der Waals surface area contributed by atoms with Crippen molar-refractivity contribution in [3.63, 3.8) is 0 Å². The van der Waals surface area contributed by atoms with Crippen LogP contribution in [0.25, 0.3) is 11.3 Å². The minimum absolute atomic E-state index is 0.0294. The Kier molecular flexibility index (Phi) is 5.96. The van der Waals surface area contributed by atoms with Crippen LogP contribution in [-0.4, -0.2) is 36.8 Å². The van der Waals surface area contributed by atoms with Crippen LogP contribution < -0.4 is 0 Å². The van der Waals surface area contributed by atoms with Crippen molar-refractivity contribution in [2.75, 3.05) is 11.5 Å². The Labute approximate surface area is 165 Å². The first-order valence-corrected chi connectivity index (χ1v) is 11.3. The van der Waals surface area contributed by atoms with Gasteiger partial charge in [0.15, 0.2) is 9.84 Å². The number of halogens is 1. The molecule has 0 bridgehead atoms. The molecule has 146 valence electrons. The molecule has 1 atom stereocenters. The van der Waals surface area contributed by atoms with Gasteiger partial charge in [0.25, 0.3) is 0 Å². The van der Waals surface area contributed by atoms with Gasteiger partial charge in [-0.3, -0.25) is 4.79 Å². The fourth-order valence-electron chi connectivity index (χ4n) is 3.31. The molecule has 1 aromatic heterocycles. The standard InChI is InChI=1S/C20H24ClNO4S/c1-14(2)11-20(23)22(17-9-10-27(24,25)13-17)12-18-7-8-19(26-18)15-3-5-16(21)6-4-15/h3-8,14,17H,9-13H2,1-2H3. The second-order valence-electron chi connectivity index (χ2n) is 7.45. The molecule has 2 aromatic rings. The highest BCUT2D eigenvalue weighted by molar-refractivity contribution is 7.91. The zero-order valence-corrected chi connectivity index (χ0v) is 17.1. The Morgan fingerprint density at radius 3 is 2.52 bits per heavy atom. The lowest BCUT2D eigenvalue weighted by atomic mass is 10.1. The molecule has 1 saturated heterocycles. The van der Waals surface area contributed by atoms with Crippen molar-refractivity contribution in [1.82, 2.24) is 4.90 Å². The van der Waals surface area contributed by atoms with E-state index in [2.05, 4.69) is 0 Å². The van der Waals surface area contributed by atoms with Crippen LogP contribution >= 0.6 is 11.6 Å². The molecule has 0 spiro atoms. The lowest BCUT2D eigenvalue weighted by Crippen LogP contribution is -2.41. The summed E-state index contributed by atoms with van der Waals surface area (Å²) in [7, 11) is -3.07. The number of hydrogen-bond donors (Lipinski definition) is 0. The first-order valence-electron chi connectivity index (χ1n) is 9.08. The highest BCUT2D eigenvalue weighted by atomic mass is 35.5. The molecule has 1 amide bonds. The summed E-state index contributed by atoms with van der Waals surface area (Å²) in [6.45, 7) is 4.24. The Bertz CT molecular complexity index is 902. The molecule has 0 radical (unpaired) electrons. The van der Waals surface area contributed by atoms with Crippen molar-refractivity contribution < 1.29 is 17.6 Å². The van der Waals surface area contributed by atoms with Crippen LogP contribution in [0.5, 0.6) is 0 Å². The van der Waals surface area contributed by atoms with E-state index in [4.69, 9.17) is 16.0 Å². The number of sulfone groups is 1. The first kappa shape index (κ1) is 20.0. The summed E-state index contributed by atoms with van der Waals surface area (Å²) in [6, 6.07) is 10.7. The second kappa shape index (κ2) is 8.07. The van der Waals surface area contributed by atoms with E-state index in [1.165, 1.54) is 0 Å². The summed E-state index contributed by atoms with van der Waals surface area (Å²) in [5, 5.41) is 0.651. The van der Waals surface area contributed by atoms with Gasteiger partial charge >= 0.3 is 0 Å². The molecule has 0 aliphatic carbocycles. The van der Waals surface area contributed by atoms with Gasteiger partial charge < -0.3 is 9.32 Å². The van der Waals surface area contributed by atoms with Gasteiger partial charge in [-0.2, -0.15) is 0 Å². The Hall–Kier alpha value is -1.79. The molecule has 0 saturated carbocycles. The summed E-state index contributed by atoms with van der Waals surface area (Å²) in [5.74, 6) is 1.67. The third-order valence-electron chi connectivity index (χ3n) is 4.67. The number of rotatable bonds is 6. The first-order chi connectivity index (χ1) is 12.7. The van der Waals surface area contributed by atoms with Crippen molar-refractivity contribution in [2.45, 2.75) is 39.3 Å². The molecule has 2 heterocycles. The van der Waals surface area contributed by atoms with Crippen LogP contribution in [0.4, 0.5) is 0 Å². The van der Waals surface area contributed by atoms with E-state index in [1.54, 1.807) is 17.0 Å². The van der Waals surface area contributed by atoms with Crippen molar-refractivity contribution >= 4 is 27.3 Å². The number of furan rings is 1. The Morgan fingerprint density at radius 2 is 1.93 bits per heavy atom. The zero-order chi connectivity index (χ0) is 19.6. The highest BCUT2D eigenvalue weighted by Gasteiger charge is 2.35. The average molecular weight is 410 g/mol. The van der Waals surface area contributed by atoms with Crippen LogP contribution in [0.2, 0.25) is 5.02 Å². The number of nitrogens with zero attached hydrogens (tertiary/aromatic N) is 1. The van der Waals surface area contributed by atoms with E-state index in [0.29, 0.717) is 29.4 Å². The van der Waals surface area contributed by atoms with Crippen LogP contribution in [0, 0.1) is 5.92 Å². The summed E-state index contributed by atoms with van der Waals surface area (Å²) >= 11 is 5.92. The number of carbonyl (C=O) groups is 1. The molecule has 1 fully saturated rings. The minimum Gasteiger partial charge on any atom is -0.459 e. The van der Waals surface area contributed by atoms with Crippen molar-refractivity contribution in [2.24, 2.45) is 5.92 Å². The molecule has 1 aliphatic rings. The fourth-order valence-corrected chi connectivity index (χ4v) is 5.17. The van der Waals surface area contributed by atoms with Crippen molar-refractivity contribution in [1.29, 1.82) is 0 Å². The largest absolute Gasteiger partial charge is 0.459 e. The maximum Gasteiger partial charge on any atom is 0.223 e. The summed E-state index contributed by atoms with van der Waals surface area (Å²) in [5.41, 5.74) is 0.897. The number of benzene rings is 1. The second-order valence-corrected chi connectivity index (χ2v) is 10.1. The molecule has 5 nitrogen and oxygen atoms in total. The van der Waals surface area contributed by atoms with Gasteiger partial charge in [-0.05, 0) is 48.7 Å². The van der Waals surface area contributed by atoms with E-state index in [-0.39, 0.29) is 35.9 Å². The van der Waals surface area contributed by atoms with E-state index in [9.17, 15) is 13.2 Å². The molecule has 1 aromatic carbocycles. The summed E-state index contributed by atoms with van der Waals surface area (Å²) in [4.78, 5) is 14.4. The third-order valence-corrected chi connectivity index (χ3v) is 6.67. The zero-order valence-electron chi connectivity index (χ0n) is 15.5. The predicted molar refractivity (Wildman–Crippen MR) is 106 cm³/mol. The molecule has 1 unspecified atom stereocenters. The van der Waals surface area contributed by atoms with Gasteiger partial charge in [-0.25, -0.2) is 8.42 Å². The van der Waals surface area contributed by atoms with Gasteiger partial charge in [-0.1, -0.05) is 25.4 Å². The Morgan fingerprint density at radius 1 is 1.22 bits per heavy atom. The smallest absolute Gasteiger partial charge is 0.223 e. The Balaban J connectivity index is 1.79. The third kappa shape index (κ3) is 5.14. The maximum absolute atomic E-state index is 12.7. The molecular weight excluding hydrogens is 386 g/mol. The normalized spacial score (nSPS) is 18.7. The minimum atomic E-state index is -3.07. The topological polar surface area (TPSA) is 67.6 Å². The van der Waals surface area contributed by atoms with E-state index < -0.39 is 9.84 Å².